The molecule has 4 unspecified atom stereocenters. The van der Waals surface area contributed by atoms with Gasteiger partial charge in [-0.2, -0.15) is 8.42 Å². The van der Waals surface area contributed by atoms with Gasteiger partial charge in [0.25, 0.3) is 0 Å². The lowest BCUT2D eigenvalue weighted by molar-refractivity contribution is -0.394. The van der Waals surface area contributed by atoms with Gasteiger partial charge < -0.3 is 109 Å². The molecule has 0 bridgehead atoms. The van der Waals surface area contributed by atoms with Gasteiger partial charge in [0.05, 0.1) is 49.3 Å². The third-order valence-electron chi connectivity index (χ3n) is 19.9. The zero-order valence-corrected chi connectivity index (χ0v) is 48.9. The van der Waals surface area contributed by atoms with Crippen LogP contribution in [0, 0.1) is 40.4 Å². The van der Waals surface area contributed by atoms with Crippen molar-refractivity contribution in [1.29, 1.82) is 0 Å². The van der Waals surface area contributed by atoms with E-state index in [1.807, 2.05) is 13.8 Å². The number of fused-ring (bicyclic) bond motifs is 5. The fraction of sp³-hybridized carbons (Fsp3) is 0.945. The van der Waals surface area contributed by atoms with E-state index in [4.69, 9.17) is 51.6 Å². The highest BCUT2D eigenvalue weighted by Crippen LogP contribution is 2.67. The summed E-state index contributed by atoms with van der Waals surface area (Å²) < 4.78 is 100. The van der Waals surface area contributed by atoms with Gasteiger partial charge in [-0.1, -0.05) is 39.3 Å². The molecule has 13 N–H and O–H groups in total. The van der Waals surface area contributed by atoms with Crippen LogP contribution in [-0.4, -0.2) is 252 Å². The zero-order valence-electron chi connectivity index (χ0n) is 48.1. The van der Waals surface area contributed by atoms with Gasteiger partial charge in [0.2, 0.25) is 0 Å². The molecule has 8 fully saturated rings. The molecule has 0 aromatic rings. The first-order valence-electron chi connectivity index (χ1n) is 29.3. The molecule has 5 heterocycles. The number of allylic oxidation sites excluding steroid dienone is 2. The Morgan fingerprint density at radius 1 is 0.639 bits per heavy atom. The summed E-state index contributed by atoms with van der Waals surface area (Å²) in [5.41, 5.74) is -1.21. The second-order valence-electron chi connectivity index (χ2n) is 26.2. The van der Waals surface area contributed by atoms with Gasteiger partial charge in [-0.15, -0.1) is 0 Å². The lowest BCUT2D eigenvalue weighted by Crippen LogP contribution is -2.66. The van der Waals surface area contributed by atoms with Crippen LogP contribution in [0.5, 0.6) is 0 Å². The number of ether oxygens (including phenoxy) is 10. The van der Waals surface area contributed by atoms with Gasteiger partial charge in [0.15, 0.2) is 31.5 Å². The molecule has 27 nitrogen and oxygen atoms in total. The molecular formula is C55H90O27S. The van der Waals surface area contributed by atoms with Crippen molar-refractivity contribution in [2.45, 2.75) is 272 Å². The van der Waals surface area contributed by atoms with Gasteiger partial charge in [-0.25, -0.2) is 4.18 Å². The maximum atomic E-state index is 13.2. The number of aliphatic hydroxyl groups is 12. The predicted octanol–water partition coefficient (Wildman–Crippen LogP) is -2.04. The largest absolute Gasteiger partial charge is 0.397 e. The van der Waals surface area contributed by atoms with Crippen LogP contribution in [0.2, 0.25) is 0 Å². The first-order valence-corrected chi connectivity index (χ1v) is 30.7. The van der Waals surface area contributed by atoms with Crippen molar-refractivity contribution in [3.05, 3.63) is 11.6 Å². The van der Waals surface area contributed by atoms with Crippen LogP contribution in [0.1, 0.15) is 113 Å². The lowest BCUT2D eigenvalue weighted by Gasteiger charge is -2.60. The van der Waals surface area contributed by atoms with E-state index in [9.17, 15) is 79.0 Å². The minimum absolute atomic E-state index is 0.00824. The first kappa shape index (κ1) is 65.8. The third-order valence-corrected chi connectivity index (χ3v) is 20.4. The molecule has 9 aliphatic rings. The van der Waals surface area contributed by atoms with Crippen LogP contribution in [0.25, 0.3) is 0 Å². The summed E-state index contributed by atoms with van der Waals surface area (Å²) in [7, 11) is -4.87. The summed E-state index contributed by atoms with van der Waals surface area (Å²) in [5, 5.41) is 134. The van der Waals surface area contributed by atoms with Gasteiger partial charge in [0.1, 0.15) is 97.3 Å². The highest BCUT2D eigenvalue weighted by atomic mass is 32.3. The molecule has 0 spiro atoms. The number of aliphatic hydroxyl groups excluding tert-OH is 11. The fourth-order valence-corrected chi connectivity index (χ4v) is 16.0. The maximum absolute atomic E-state index is 13.2. The number of carbonyl (C=O) groups is 1. The van der Waals surface area contributed by atoms with Crippen LogP contribution >= 0.6 is 0 Å². The van der Waals surface area contributed by atoms with Gasteiger partial charge in [-0.3, -0.25) is 9.35 Å². The van der Waals surface area contributed by atoms with Crippen LogP contribution in [-0.2, 0) is 66.7 Å². The Morgan fingerprint density at radius 2 is 1.17 bits per heavy atom. The Kier molecular flexibility index (Phi) is 20.1. The molecule has 5 aliphatic heterocycles. The fourth-order valence-electron chi connectivity index (χ4n) is 15.5. The molecule has 0 radical (unpaired) electrons. The molecule has 0 aromatic carbocycles. The average molecular weight is 1220 g/mol. The van der Waals surface area contributed by atoms with E-state index in [1.54, 1.807) is 6.92 Å². The van der Waals surface area contributed by atoms with Crippen molar-refractivity contribution in [2.24, 2.45) is 40.4 Å². The third kappa shape index (κ3) is 13.2. The predicted molar refractivity (Wildman–Crippen MR) is 280 cm³/mol. The summed E-state index contributed by atoms with van der Waals surface area (Å²) in [6.07, 6.45) is -33.9. The average Bonchev–Trinajstić information content (AvgIpc) is 1.90. The van der Waals surface area contributed by atoms with Crippen molar-refractivity contribution in [3.8, 4) is 0 Å². The van der Waals surface area contributed by atoms with Crippen molar-refractivity contribution in [2.75, 3.05) is 13.2 Å². The van der Waals surface area contributed by atoms with Gasteiger partial charge in [0, 0.05) is 12.8 Å². The van der Waals surface area contributed by atoms with Gasteiger partial charge in [-0.05, 0) is 113 Å². The number of rotatable bonds is 17. The number of ketones is 1. The topological polar surface area (TPSA) is 416 Å². The van der Waals surface area contributed by atoms with Crippen LogP contribution < -0.4 is 0 Å². The first-order chi connectivity index (χ1) is 38.7. The van der Waals surface area contributed by atoms with Crippen LogP contribution in [0.15, 0.2) is 11.6 Å². The Labute approximate surface area is 482 Å². The maximum Gasteiger partial charge on any atom is 0.397 e. The lowest BCUT2D eigenvalue weighted by atomic mass is 9.47. The van der Waals surface area contributed by atoms with Crippen LogP contribution in [0.3, 0.4) is 0 Å². The van der Waals surface area contributed by atoms with E-state index in [2.05, 4.69) is 19.9 Å². The zero-order chi connectivity index (χ0) is 60.7. The molecule has 478 valence electrons. The van der Waals surface area contributed by atoms with Crippen LogP contribution in [0.4, 0.5) is 0 Å². The highest BCUT2D eigenvalue weighted by Gasteiger charge is 2.64. The Hall–Kier alpha value is -1.60. The molecule has 4 aliphatic carbocycles. The summed E-state index contributed by atoms with van der Waals surface area (Å²) in [6, 6.07) is 0. The quantitative estimate of drug-likeness (QED) is 0.0551. The smallest absolute Gasteiger partial charge is 0.389 e. The summed E-state index contributed by atoms with van der Waals surface area (Å²) in [4.78, 5) is 13.2. The number of hydrogen-bond donors (Lipinski definition) is 13. The standard InChI is InChI=1S/C55H90O27S/c1-21(2)15-25(56)18-55(8,68)34-10-9-28-27-17-32(30-16-26(82-83(69,70)71)11-13-53(30,6)29(27)12-14-54(28,34)7)77-50-44(67)45(37(60)24(5)76-50)79-52-47(81-49-43(66)41(64)36(59)23(4)75-49)39(62)33(20-73-52)78-51-46(38(61)31(57)19-72-51)80-48-42(65)40(63)35(58)22(3)74-48/h12,21-24,26-28,30-52,57-68H,9-11,13-20H2,1-8H3,(H,69,70,71)/t22-,23-,24-,26+,27?,28?,30?,31-,32+,33-,34+,35+,36-,37-,38+,39+,40+,41+,42-,43-,44-,45+,46-,47-,48+,49+,50+,51+,52+,53-,54+,55?/m1/s1. The Balaban J connectivity index is 0.972. The van der Waals surface area contributed by atoms with Crippen molar-refractivity contribution in [3.63, 3.8) is 0 Å². The monoisotopic (exact) mass is 1210 g/mol. The Bertz CT molecular complexity index is 2370. The summed E-state index contributed by atoms with van der Waals surface area (Å²) in [5.74, 6) is -0.731. The molecule has 5 saturated heterocycles. The molecule has 3 saturated carbocycles. The van der Waals surface area contributed by atoms with Crippen molar-refractivity contribution < 1.29 is 131 Å². The number of Topliss-reactive ketones (excluding diaryl/α,β-unsaturated/α-hetero) is 1. The molecule has 28 heteroatoms. The van der Waals surface area contributed by atoms with E-state index in [-0.39, 0.29) is 48.7 Å². The Morgan fingerprint density at radius 3 is 1.76 bits per heavy atom. The van der Waals surface area contributed by atoms with E-state index >= 15 is 0 Å². The second-order valence-corrected chi connectivity index (χ2v) is 27.3. The number of hydrogen-bond acceptors (Lipinski definition) is 26. The minimum Gasteiger partial charge on any atom is -0.389 e. The molecule has 32 atom stereocenters. The molecular weight excluding hydrogens is 1120 g/mol. The molecule has 0 amide bonds. The molecule has 0 aromatic heterocycles. The SMILES string of the molecule is CC(C)CC(=O)CC(C)(O)[C@H]1CCC2C3C[C@H](O[C@@H]4O[C@H](C)[C@@H](O)[C@H](O[C@@H]5OC[C@@H](O[C@@H]6OC[C@@H](O)[C@H](O)[C@H]6O[C@@H]6O[C@H](C)[C@H](O)[C@H](O)[C@H]6O)[C@H](O)[C@H]5O[C@@H]5O[C@H](C)[C@@H](O)[C@H](O)[C@H]5O)[C@H]4O)C4C[C@@H](OS(=O)(=O)O)CC[C@]4(C)C3=CC[C@@]21C. The summed E-state index contributed by atoms with van der Waals surface area (Å²) in [6.45, 7) is 13.1. The minimum atomic E-state index is -4.87. The van der Waals surface area contributed by atoms with Crippen molar-refractivity contribution >= 4 is 16.2 Å². The number of carbonyl (C=O) groups excluding carboxylic acids is 1. The second kappa shape index (κ2) is 25.4. The van der Waals surface area contributed by atoms with Crippen molar-refractivity contribution in [1.82, 2.24) is 0 Å². The van der Waals surface area contributed by atoms with Gasteiger partial charge >= 0.3 is 10.4 Å². The van der Waals surface area contributed by atoms with E-state index in [1.165, 1.54) is 20.8 Å². The normalized spacial score (nSPS) is 51.3. The molecule has 83 heavy (non-hydrogen) atoms. The molecule has 9 rings (SSSR count). The van der Waals surface area contributed by atoms with E-state index < -0.39 is 199 Å². The van der Waals surface area contributed by atoms with E-state index in [0.717, 1.165) is 12.0 Å². The highest BCUT2D eigenvalue weighted by molar-refractivity contribution is 7.80. The van der Waals surface area contributed by atoms with E-state index in [0.29, 0.717) is 32.1 Å². The summed E-state index contributed by atoms with van der Waals surface area (Å²) >= 11 is 0.